The van der Waals surface area contributed by atoms with Crippen molar-refractivity contribution in [1.29, 1.82) is 0 Å². The Morgan fingerprint density at radius 2 is 1.85 bits per heavy atom. The summed E-state index contributed by atoms with van der Waals surface area (Å²) in [6.45, 7) is 7.51. The Bertz CT molecular complexity index is 1500. The van der Waals surface area contributed by atoms with Crippen LogP contribution in [0.15, 0.2) is 46.5 Å². The maximum atomic E-state index is 13.7. The average Bonchev–Trinajstić information content (AvgIpc) is 3.48. The van der Waals surface area contributed by atoms with Gasteiger partial charge in [-0.1, -0.05) is 38.8 Å². The number of benzene rings is 1. The third kappa shape index (κ3) is 6.70. The molecule has 1 aromatic carbocycles. The van der Waals surface area contributed by atoms with Gasteiger partial charge in [-0.05, 0) is 62.4 Å². The maximum absolute atomic E-state index is 13.7. The number of aryl methyl sites for hydroxylation is 1. The van der Waals surface area contributed by atoms with Gasteiger partial charge in [0.05, 0.1) is 17.6 Å². The van der Waals surface area contributed by atoms with Crippen molar-refractivity contribution in [3.8, 4) is 5.69 Å². The van der Waals surface area contributed by atoms with Crippen LogP contribution in [0.3, 0.4) is 0 Å². The molecule has 3 N–H and O–H groups in total. The number of halogens is 1. The van der Waals surface area contributed by atoms with E-state index in [4.69, 9.17) is 10.2 Å². The maximum Gasteiger partial charge on any atom is 0.252 e. The predicted molar refractivity (Wildman–Crippen MR) is 153 cm³/mol. The molecular formula is C31H36FN5O4. The first-order valence-electron chi connectivity index (χ1n) is 14.0. The lowest BCUT2D eigenvalue weighted by atomic mass is 9.94. The van der Waals surface area contributed by atoms with Crippen LogP contribution < -0.4 is 11.1 Å². The first-order chi connectivity index (χ1) is 19.6. The van der Waals surface area contributed by atoms with Crippen molar-refractivity contribution in [2.75, 3.05) is 0 Å². The normalized spacial score (nSPS) is 14.4. The van der Waals surface area contributed by atoms with Gasteiger partial charge in [-0.25, -0.2) is 14.1 Å². The number of ketones is 1. The van der Waals surface area contributed by atoms with Crippen molar-refractivity contribution in [2.45, 2.75) is 72.3 Å². The van der Waals surface area contributed by atoms with E-state index in [0.717, 1.165) is 17.7 Å². The van der Waals surface area contributed by atoms with Crippen molar-refractivity contribution < 1.29 is 23.2 Å². The highest BCUT2D eigenvalue weighted by Gasteiger charge is 2.28. The molecule has 216 valence electrons. The Balaban J connectivity index is 1.58. The summed E-state index contributed by atoms with van der Waals surface area (Å²) in [5, 5.41) is 7.54. The Morgan fingerprint density at radius 3 is 2.49 bits per heavy atom. The van der Waals surface area contributed by atoms with E-state index >= 15 is 0 Å². The molecule has 2 amide bonds. The molecule has 2 unspecified atom stereocenters. The molecule has 1 aliphatic carbocycles. The lowest BCUT2D eigenvalue weighted by molar-refractivity contribution is -0.119. The molecule has 2 heterocycles. The number of nitrogens with zero attached hydrogens (tertiary/aromatic N) is 3. The monoisotopic (exact) mass is 561 g/mol. The van der Waals surface area contributed by atoms with E-state index in [9.17, 15) is 18.8 Å². The van der Waals surface area contributed by atoms with Gasteiger partial charge in [0.2, 0.25) is 11.8 Å². The van der Waals surface area contributed by atoms with Crippen LogP contribution in [0, 0.1) is 18.7 Å². The van der Waals surface area contributed by atoms with Crippen molar-refractivity contribution in [1.82, 2.24) is 20.1 Å². The van der Waals surface area contributed by atoms with Crippen LogP contribution in [0.25, 0.3) is 17.3 Å². The molecule has 10 heteroatoms. The molecule has 0 fully saturated rings. The summed E-state index contributed by atoms with van der Waals surface area (Å²) in [6, 6.07) is 5.46. The van der Waals surface area contributed by atoms with Crippen molar-refractivity contribution in [3.05, 3.63) is 76.5 Å². The summed E-state index contributed by atoms with van der Waals surface area (Å²) in [4.78, 5) is 42.5. The summed E-state index contributed by atoms with van der Waals surface area (Å²) < 4.78 is 21.1. The third-order valence-corrected chi connectivity index (χ3v) is 7.41. The van der Waals surface area contributed by atoms with Crippen LogP contribution in [0.5, 0.6) is 0 Å². The fraction of sp³-hybridized carbons (Fsp3) is 0.387. The summed E-state index contributed by atoms with van der Waals surface area (Å²) in [7, 11) is 0. The molecule has 0 spiro atoms. The van der Waals surface area contributed by atoms with E-state index in [-0.39, 0.29) is 47.9 Å². The van der Waals surface area contributed by atoms with E-state index in [0.29, 0.717) is 41.8 Å². The summed E-state index contributed by atoms with van der Waals surface area (Å²) in [5.41, 5.74) is 9.18. The van der Waals surface area contributed by atoms with Gasteiger partial charge in [0, 0.05) is 24.0 Å². The van der Waals surface area contributed by atoms with Crippen LogP contribution in [0.1, 0.15) is 98.7 Å². The van der Waals surface area contributed by atoms with E-state index in [1.807, 2.05) is 26.0 Å². The standard InChI is InChI=1S/C31H36FN5O4/c1-5-19-8-13-23(24-17-34-37(26(24)14-19)22-11-9-21(32)10-12-22)30(40)35-25(7-3)31-36-29(18(4)41-31)27(38)15-20(6-2)16-28(33)39/h9-14,17,20,25H,5-8,15-16H2,1-4H3,(H2,33,39)(H,35,40). The van der Waals surface area contributed by atoms with Gasteiger partial charge >= 0.3 is 0 Å². The molecule has 1 aliphatic rings. The minimum absolute atomic E-state index is 0.128. The Labute approximate surface area is 238 Å². The zero-order chi connectivity index (χ0) is 29.7. The minimum atomic E-state index is -0.575. The second-order valence-corrected chi connectivity index (χ2v) is 10.3. The first kappa shape index (κ1) is 29.6. The van der Waals surface area contributed by atoms with Crippen molar-refractivity contribution >= 4 is 29.2 Å². The van der Waals surface area contributed by atoms with Crippen LogP contribution >= 0.6 is 0 Å². The highest BCUT2D eigenvalue weighted by Crippen LogP contribution is 2.31. The van der Waals surface area contributed by atoms with Gasteiger partial charge in [0.15, 0.2) is 5.78 Å². The van der Waals surface area contributed by atoms with Crippen molar-refractivity contribution in [3.63, 3.8) is 0 Å². The second kappa shape index (κ2) is 12.9. The number of fused-ring (bicyclic) bond motifs is 1. The van der Waals surface area contributed by atoms with Gasteiger partial charge in [-0.2, -0.15) is 5.10 Å². The Kier molecular flexibility index (Phi) is 9.31. The van der Waals surface area contributed by atoms with Gasteiger partial charge in [0.25, 0.3) is 5.91 Å². The number of primary amides is 1. The van der Waals surface area contributed by atoms with Crippen LogP contribution in [-0.4, -0.2) is 32.4 Å². The highest BCUT2D eigenvalue weighted by molar-refractivity contribution is 6.20. The van der Waals surface area contributed by atoms with Crippen LogP contribution in [0.2, 0.25) is 0 Å². The molecule has 0 radical (unpaired) electrons. The number of aromatic nitrogens is 3. The third-order valence-electron chi connectivity index (χ3n) is 7.41. The molecule has 0 bridgehead atoms. The van der Waals surface area contributed by atoms with Gasteiger partial charge in [-0.15, -0.1) is 0 Å². The minimum Gasteiger partial charge on any atom is -0.443 e. The fourth-order valence-corrected chi connectivity index (χ4v) is 4.95. The SMILES string of the molecule is CCC1=Cc2c(cnn2-c2ccc(F)cc2)C(C(=O)NC(CC)c2nc(C(=O)CC(CC)CC(N)=O)c(C)o2)=CC1. The first-order valence-corrected chi connectivity index (χ1v) is 14.0. The summed E-state index contributed by atoms with van der Waals surface area (Å²) in [6.07, 6.45) is 8.32. The number of amides is 2. The van der Waals surface area contributed by atoms with Crippen molar-refractivity contribution in [2.24, 2.45) is 11.7 Å². The lowest BCUT2D eigenvalue weighted by Crippen LogP contribution is -2.29. The number of carbonyl (C=O) groups excluding carboxylic acids is 3. The number of rotatable bonds is 12. The molecule has 9 nitrogen and oxygen atoms in total. The van der Waals surface area contributed by atoms with Gasteiger partial charge in [0.1, 0.15) is 23.3 Å². The lowest BCUT2D eigenvalue weighted by Gasteiger charge is -2.15. The van der Waals surface area contributed by atoms with Gasteiger partial charge in [-0.3, -0.25) is 14.4 Å². The highest BCUT2D eigenvalue weighted by atomic mass is 19.1. The van der Waals surface area contributed by atoms with Crippen LogP contribution in [0.4, 0.5) is 4.39 Å². The largest absolute Gasteiger partial charge is 0.443 e. The molecule has 0 aliphatic heterocycles. The fourth-order valence-electron chi connectivity index (χ4n) is 4.95. The number of nitrogens with one attached hydrogen (secondary N) is 1. The number of allylic oxidation sites excluding steroid dienone is 2. The number of hydrogen-bond donors (Lipinski definition) is 2. The zero-order valence-electron chi connectivity index (χ0n) is 23.9. The predicted octanol–water partition coefficient (Wildman–Crippen LogP) is 5.63. The smallest absolute Gasteiger partial charge is 0.252 e. The Hall–Kier alpha value is -4.34. The molecule has 41 heavy (non-hydrogen) atoms. The number of oxazole rings is 1. The average molecular weight is 562 g/mol. The zero-order valence-corrected chi connectivity index (χ0v) is 23.9. The molecule has 3 aromatic rings. The number of Topliss-reactive ketones (excluding diaryl/α,β-unsaturated/α-hetero) is 1. The van der Waals surface area contributed by atoms with E-state index < -0.39 is 11.9 Å². The topological polar surface area (TPSA) is 133 Å². The number of hydrogen-bond acceptors (Lipinski definition) is 6. The van der Waals surface area contributed by atoms with Crippen LogP contribution in [-0.2, 0) is 9.59 Å². The summed E-state index contributed by atoms with van der Waals surface area (Å²) >= 11 is 0. The molecule has 0 saturated carbocycles. The molecule has 4 rings (SSSR count). The molecule has 2 atom stereocenters. The molecule has 2 aromatic heterocycles. The second-order valence-electron chi connectivity index (χ2n) is 10.3. The van der Waals surface area contributed by atoms with E-state index in [1.54, 1.807) is 29.9 Å². The summed E-state index contributed by atoms with van der Waals surface area (Å²) in [5.74, 6) is -0.905. The Morgan fingerprint density at radius 1 is 1.12 bits per heavy atom. The molecule has 0 saturated heterocycles. The molecular weight excluding hydrogens is 525 g/mol. The quantitative estimate of drug-likeness (QED) is 0.275. The van der Waals surface area contributed by atoms with E-state index in [2.05, 4.69) is 22.3 Å². The number of carbonyl (C=O) groups is 3. The van der Waals surface area contributed by atoms with Gasteiger partial charge < -0.3 is 15.5 Å². The van der Waals surface area contributed by atoms with E-state index in [1.165, 1.54) is 12.1 Å². The number of nitrogens with two attached hydrogens (primary N) is 1.